The molecule has 1 heterocycles. The zero-order valence-corrected chi connectivity index (χ0v) is 9.76. The monoisotopic (exact) mass is 223 g/mol. The van der Waals surface area contributed by atoms with Gasteiger partial charge in [-0.2, -0.15) is 0 Å². The molecule has 3 N–H and O–H groups in total. The molecule has 1 rings (SSSR count). The molecule has 2 amide bonds. The van der Waals surface area contributed by atoms with Gasteiger partial charge < -0.3 is 4.98 Å². The van der Waals surface area contributed by atoms with Crippen LogP contribution in [0, 0.1) is 5.41 Å². The van der Waals surface area contributed by atoms with E-state index in [2.05, 4.69) is 15.8 Å². The van der Waals surface area contributed by atoms with E-state index in [4.69, 9.17) is 0 Å². The molecule has 0 saturated heterocycles. The van der Waals surface area contributed by atoms with Crippen molar-refractivity contribution in [1.82, 2.24) is 15.8 Å². The SMILES string of the molecule is CC(C)(C)CC(=O)NNC(=O)c1ccc[nH]1. The van der Waals surface area contributed by atoms with Crippen molar-refractivity contribution < 1.29 is 9.59 Å². The van der Waals surface area contributed by atoms with E-state index in [1.54, 1.807) is 18.3 Å². The average Bonchev–Trinajstić information content (AvgIpc) is 2.64. The van der Waals surface area contributed by atoms with Gasteiger partial charge in [-0.3, -0.25) is 20.4 Å². The lowest BCUT2D eigenvalue weighted by Gasteiger charge is -2.17. The summed E-state index contributed by atoms with van der Waals surface area (Å²) < 4.78 is 0. The number of aromatic nitrogens is 1. The van der Waals surface area contributed by atoms with Crippen LogP contribution in [-0.4, -0.2) is 16.8 Å². The Labute approximate surface area is 94.6 Å². The lowest BCUT2D eigenvalue weighted by Crippen LogP contribution is -2.42. The number of hydrogen-bond donors (Lipinski definition) is 3. The van der Waals surface area contributed by atoms with Crippen molar-refractivity contribution in [2.75, 3.05) is 0 Å². The molecule has 0 fully saturated rings. The molecule has 16 heavy (non-hydrogen) atoms. The van der Waals surface area contributed by atoms with Crippen LogP contribution in [0.15, 0.2) is 18.3 Å². The van der Waals surface area contributed by atoms with E-state index < -0.39 is 0 Å². The Kier molecular flexibility index (Phi) is 3.71. The van der Waals surface area contributed by atoms with Gasteiger partial charge in [0, 0.05) is 12.6 Å². The van der Waals surface area contributed by atoms with Crippen LogP contribution in [0.5, 0.6) is 0 Å². The Morgan fingerprint density at radius 3 is 2.50 bits per heavy atom. The lowest BCUT2D eigenvalue weighted by atomic mass is 9.92. The summed E-state index contributed by atoms with van der Waals surface area (Å²) in [6.07, 6.45) is 2.00. The Bertz CT molecular complexity index is 363. The first-order chi connectivity index (χ1) is 7.38. The van der Waals surface area contributed by atoms with Gasteiger partial charge in [0.05, 0.1) is 0 Å². The summed E-state index contributed by atoms with van der Waals surface area (Å²) in [6.45, 7) is 5.87. The van der Waals surface area contributed by atoms with Crippen molar-refractivity contribution in [2.45, 2.75) is 27.2 Å². The smallest absolute Gasteiger partial charge is 0.286 e. The summed E-state index contributed by atoms with van der Waals surface area (Å²) in [4.78, 5) is 25.6. The molecule has 0 radical (unpaired) electrons. The second-order valence-corrected chi connectivity index (χ2v) is 4.82. The van der Waals surface area contributed by atoms with Gasteiger partial charge in [-0.05, 0) is 17.5 Å². The number of hydrazine groups is 1. The highest BCUT2D eigenvalue weighted by Crippen LogP contribution is 2.17. The second kappa shape index (κ2) is 4.83. The number of H-pyrrole nitrogens is 1. The standard InChI is InChI=1S/C11H17N3O2/c1-11(2,3)7-9(15)13-14-10(16)8-5-4-6-12-8/h4-6,12H,7H2,1-3H3,(H,13,15)(H,14,16). The molecule has 0 atom stereocenters. The first kappa shape index (κ1) is 12.3. The summed E-state index contributed by atoms with van der Waals surface area (Å²) in [5.74, 6) is -0.556. The normalized spacial score (nSPS) is 10.9. The summed E-state index contributed by atoms with van der Waals surface area (Å²) in [5, 5.41) is 0. The summed E-state index contributed by atoms with van der Waals surface area (Å²) in [7, 11) is 0. The molecular weight excluding hydrogens is 206 g/mol. The highest BCUT2D eigenvalue weighted by atomic mass is 16.2. The van der Waals surface area contributed by atoms with Crippen LogP contribution in [0.3, 0.4) is 0 Å². The van der Waals surface area contributed by atoms with Crippen molar-refractivity contribution in [2.24, 2.45) is 5.41 Å². The number of carbonyl (C=O) groups excluding carboxylic acids is 2. The van der Waals surface area contributed by atoms with Crippen LogP contribution in [0.25, 0.3) is 0 Å². The molecule has 88 valence electrons. The van der Waals surface area contributed by atoms with Gasteiger partial charge in [0.2, 0.25) is 5.91 Å². The number of nitrogens with one attached hydrogen (secondary N) is 3. The van der Waals surface area contributed by atoms with E-state index >= 15 is 0 Å². The number of rotatable bonds is 2. The minimum atomic E-state index is -0.354. The maximum absolute atomic E-state index is 11.4. The average molecular weight is 223 g/mol. The van der Waals surface area contributed by atoms with Crippen LogP contribution in [0.2, 0.25) is 0 Å². The Morgan fingerprint density at radius 1 is 1.31 bits per heavy atom. The highest BCUT2D eigenvalue weighted by molar-refractivity contribution is 5.93. The third kappa shape index (κ3) is 4.16. The quantitative estimate of drug-likeness (QED) is 0.659. The number of carbonyl (C=O) groups is 2. The van der Waals surface area contributed by atoms with E-state index in [0.29, 0.717) is 12.1 Å². The molecule has 0 bridgehead atoms. The summed E-state index contributed by atoms with van der Waals surface area (Å²) in [6, 6.07) is 3.34. The first-order valence-electron chi connectivity index (χ1n) is 5.11. The molecule has 0 unspecified atom stereocenters. The molecule has 1 aromatic rings. The van der Waals surface area contributed by atoms with Gasteiger partial charge in [-0.1, -0.05) is 20.8 Å². The third-order valence-electron chi connectivity index (χ3n) is 1.85. The number of amides is 2. The van der Waals surface area contributed by atoms with E-state index in [0.717, 1.165) is 0 Å². The fourth-order valence-electron chi connectivity index (χ4n) is 1.19. The maximum atomic E-state index is 11.4. The largest absolute Gasteiger partial charge is 0.357 e. The minimum absolute atomic E-state index is 0.0960. The molecule has 0 spiro atoms. The molecule has 0 aliphatic heterocycles. The second-order valence-electron chi connectivity index (χ2n) is 4.82. The predicted molar refractivity (Wildman–Crippen MR) is 60.5 cm³/mol. The molecule has 0 saturated carbocycles. The van der Waals surface area contributed by atoms with Crippen LogP contribution < -0.4 is 10.9 Å². The highest BCUT2D eigenvalue weighted by Gasteiger charge is 2.16. The molecule has 5 nitrogen and oxygen atoms in total. The third-order valence-corrected chi connectivity index (χ3v) is 1.85. The van der Waals surface area contributed by atoms with Gasteiger partial charge in [0.15, 0.2) is 0 Å². The number of hydrogen-bond acceptors (Lipinski definition) is 2. The van der Waals surface area contributed by atoms with Gasteiger partial charge in [-0.25, -0.2) is 0 Å². The molecule has 5 heteroatoms. The lowest BCUT2D eigenvalue weighted by molar-refractivity contribution is -0.123. The van der Waals surface area contributed by atoms with Crippen LogP contribution in [-0.2, 0) is 4.79 Å². The zero-order valence-electron chi connectivity index (χ0n) is 9.76. The van der Waals surface area contributed by atoms with Crippen LogP contribution in [0.4, 0.5) is 0 Å². The molecule has 0 aromatic carbocycles. The predicted octanol–water partition coefficient (Wildman–Crippen LogP) is 1.21. The summed E-state index contributed by atoms with van der Waals surface area (Å²) in [5.41, 5.74) is 5.02. The van der Waals surface area contributed by atoms with Crippen molar-refractivity contribution in [3.05, 3.63) is 24.0 Å². The van der Waals surface area contributed by atoms with Gasteiger partial charge >= 0.3 is 0 Å². The van der Waals surface area contributed by atoms with Crippen molar-refractivity contribution in [1.29, 1.82) is 0 Å². The molecular formula is C11H17N3O2. The van der Waals surface area contributed by atoms with E-state index in [1.807, 2.05) is 20.8 Å². The van der Waals surface area contributed by atoms with Gasteiger partial charge in [0.1, 0.15) is 5.69 Å². The van der Waals surface area contributed by atoms with E-state index in [9.17, 15) is 9.59 Å². The Morgan fingerprint density at radius 2 is 2.00 bits per heavy atom. The van der Waals surface area contributed by atoms with Crippen molar-refractivity contribution in [3.8, 4) is 0 Å². The van der Waals surface area contributed by atoms with Crippen LogP contribution in [0.1, 0.15) is 37.7 Å². The topological polar surface area (TPSA) is 74.0 Å². The Balaban J connectivity index is 2.35. The number of aromatic amines is 1. The van der Waals surface area contributed by atoms with E-state index in [1.165, 1.54) is 0 Å². The zero-order chi connectivity index (χ0) is 12.2. The molecule has 0 aliphatic rings. The van der Waals surface area contributed by atoms with Crippen molar-refractivity contribution >= 4 is 11.8 Å². The fourth-order valence-corrected chi connectivity index (χ4v) is 1.19. The fraction of sp³-hybridized carbons (Fsp3) is 0.455. The van der Waals surface area contributed by atoms with Crippen LogP contribution >= 0.6 is 0 Å². The van der Waals surface area contributed by atoms with E-state index in [-0.39, 0.29) is 17.2 Å². The minimum Gasteiger partial charge on any atom is -0.357 e. The Hall–Kier alpha value is -1.78. The van der Waals surface area contributed by atoms with Gasteiger partial charge in [0.25, 0.3) is 5.91 Å². The first-order valence-corrected chi connectivity index (χ1v) is 5.11. The maximum Gasteiger partial charge on any atom is 0.286 e. The molecule has 1 aromatic heterocycles. The van der Waals surface area contributed by atoms with Gasteiger partial charge in [-0.15, -0.1) is 0 Å². The molecule has 0 aliphatic carbocycles. The summed E-state index contributed by atoms with van der Waals surface area (Å²) >= 11 is 0. The van der Waals surface area contributed by atoms with Crippen molar-refractivity contribution in [3.63, 3.8) is 0 Å².